The van der Waals surface area contributed by atoms with E-state index >= 15 is 0 Å². The summed E-state index contributed by atoms with van der Waals surface area (Å²) in [5.74, 6) is -5.92. The van der Waals surface area contributed by atoms with Gasteiger partial charge in [-0.25, -0.2) is 32.8 Å². The number of aliphatic carboxylic acids is 2. The van der Waals surface area contributed by atoms with E-state index < -0.39 is 30.0 Å². The SMILES string of the molecule is CN1CCN(CCn2cc(-n3c(-c4cn(C)c5ccc(F)cc45)n[nH]c3=O)c3cc(F)ccc32)CC1.O=C(O)C(F)(F)F.O=C(O)C(F)(F)F. The number of piperazine rings is 1. The van der Waals surface area contributed by atoms with Crippen molar-refractivity contribution in [2.75, 3.05) is 39.8 Å². The Labute approximate surface area is 276 Å². The highest BCUT2D eigenvalue weighted by atomic mass is 19.4. The zero-order chi connectivity index (χ0) is 37.1. The van der Waals surface area contributed by atoms with E-state index in [1.54, 1.807) is 12.1 Å². The molecule has 0 bridgehead atoms. The fourth-order valence-corrected chi connectivity index (χ4v) is 5.18. The number of hydrogen-bond acceptors (Lipinski definition) is 6. The summed E-state index contributed by atoms with van der Waals surface area (Å²) in [6, 6.07) is 9.17. The zero-order valence-electron chi connectivity index (χ0n) is 26.2. The van der Waals surface area contributed by atoms with Crippen molar-refractivity contribution in [1.29, 1.82) is 0 Å². The second-order valence-corrected chi connectivity index (χ2v) is 11.1. The number of aromatic nitrogens is 5. The second-order valence-electron chi connectivity index (χ2n) is 11.1. The third kappa shape index (κ3) is 8.67. The molecule has 0 amide bonds. The third-order valence-corrected chi connectivity index (χ3v) is 7.67. The average Bonchev–Trinajstić information content (AvgIpc) is 3.68. The maximum atomic E-state index is 14.4. The summed E-state index contributed by atoms with van der Waals surface area (Å²) in [5.41, 5.74) is 2.35. The molecule has 20 heteroatoms. The predicted octanol–water partition coefficient (Wildman–Crippen LogP) is 4.47. The molecule has 1 saturated heterocycles. The number of nitrogens with one attached hydrogen (secondary N) is 1. The van der Waals surface area contributed by atoms with Crippen LogP contribution in [0.15, 0.2) is 53.6 Å². The highest BCUT2D eigenvalue weighted by Crippen LogP contribution is 2.33. The van der Waals surface area contributed by atoms with Gasteiger partial charge in [-0.3, -0.25) is 4.90 Å². The number of H-pyrrole nitrogens is 1. The van der Waals surface area contributed by atoms with Crippen molar-refractivity contribution >= 4 is 33.7 Å². The van der Waals surface area contributed by atoms with Gasteiger partial charge >= 0.3 is 30.0 Å². The van der Waals surface area contributed by atoms with Crippen molar-refractivity contribution in [3.05, 3.63) is 70.9 Å². The van der Waals surface area contributed by atoms with E-state index in [-0.39, 0.29) is 11.6 Å². The molecule has 3 N–H and O–H groups in total. The van der Waals surface area contributed by atoms with Crippen LogP contribution in [0, 0.1) is 11.6 Å². The second kappa shape index (κ2) is 14.7. The van der Waals surface area contributed by atoms with E-state index in [9.17, 15) is 39.9 Å². The first-order valence-corrected chi connectivity index (χ1v) is 14.5. The summed E-state index contributed by atoms with van der Waals surface area (Å²) in [7, 11) is 3.99. The zero-order valence-corrected chi connectivity index (χ0v) is 26.2. The molecule has 5 aromatic rings. The minimum absolute atomic E-state index is 0.346. The van der Waals surface area contributed by atoms with Crippen molar-refractivity contribution < 1.29 is 54.9 Å². The number of hydrogen-bond donors (Lipinski definition) is 3. The highest BCUT2D eigenvalue weighted by molar-refractivity contribution is 5.96. The quantitative estimate of drug-likeness (QED) is 0.226. The third-order valence-electron chi connectivity index (χ3n) is 7.67. The Morgan fingerprint density at radius 3 is 1.86 bits per heavy atom. The Morgan fingerprint density at radius 1 is 0.800 bits per heavy atom. The molecule has 12 nitrogen and oxygen atoms in total. The number of aryl methyl sites for hydroxylation is 1. The van der Waals surface area contributed by atoms with Gasteiger partial charge in [0.2, 0.25) is 0 Å². The standard InChI is InChI=1S/C26H27F2N7O.2C2HF3O2/c1-31-7-9-33(10-8-31)11-12-34-16-24(20-14-18(28)4-6-23(20)34)35-25(29-30-26(35)36)21-15-32(2)22-5-3-17(27)13-19(21)22;2*3-2(4,5)1(6)7/h3-6,13-16H,7-12H2,1-2H3,(H,30,36);2*(H,6,7). The molecule has 0 radical (unpaired) electrons. The fraction of sp³-hybridized carbons (Fsp3) is 0.333. The monoisotopic (exact) mass is 719 g/mol. The number of carbonyl (C=O) groups is 2. The number of nitrogens with zero attached hydrogens (tertiary/aromatic N) is 6. The van der Waals surface area contributed by atoms with E-state index in [2.05, 4.69) is 31.6 Å². The molecule has 2 aromatic carbocycles. The van der Waals surface area contributed by atoms with Crippen molar-refractivity contribution in [3.8, 4) is 17.1 Å². The molecule has 0 unspecified atom stereocenters. The number of aromatic amines is 1. The summed E-state index contributed by atoms with van der Waals surface area (Å²) in [5, 5.41) is 22.3. The molecule has 3 aromatic heterocycles. The summed E-state index contributed by atoms with van der Waals surface area (Å²) >= 11 is 0. The van der Waals surface area contributed by atoms with Gasteiger partial charge in [0, 0.05) is 80.6 Å². The molecule has 6 rings (SSSR count). The summed E-state index contributed by atoms with van der Waals surface area (Å²) in [6.07, 6.45) is -6.46. The van der Waals surface area contributed by atoms with Crippen LogP contribution in [-0.4, -0.2) is 108 Å². The Hall–Kier alpha value is -5.24. The summed E-state index contributed by atoms with van der Waals surface area (Å²) < 4.78 is 97.4. The first kappa shape index (κ1) is 37.6. The number of halogens is 8. The van der Waals surface area contributed by atoms with E-state index in [1.807, 2.05) is 24.0 Å². The smallest absolute Gasteiger partial charge is 0.475 e. The van der Waals surface area contributed by atoms with Crippen molar-refractivity contribution in [1.82, 2.24) is 33.7 Å². The lowest BCUT2D eigenvalue weighted by atomic mass is 10.1. The lowest BCUT2D eigenvalue weighted by Gasteiger charge is -2.32. The Balaban J connectivity index is 0.000000340. The van der Waals surface area contributed by atoms with Gasteiger partial charge in [-0.15, -0.1) is 0 Å². The van der Waals surface area contributed by atoms with E-state index in [1.165, 1.54) is 28.8 Å². The fourth-order valence-electron chi connectivity index (χ4n) is 5.18. The molecule has 270 valence electrons. The van der Waals surface area contributed by atoms with Crippen LogP contribution in [0.1, 0.15) is 0 Å². The molecule has 4 heterocycles. The van der Waals surface area contributed by atoms with Gasteiger partial charge in [0.25, 0.3) is 0 Å². The van der Waals surface area contributed by atoms with Crippen LogP contribution in [-0.2, 0) is 23.2 Å². The largest absolute Gasteiger partial charge is 0.490 e. The van der Waals surface area contributed by atoms with Crippen molar-refractivity contribution in [3.63, 3.8) is 0 Å². The van der Waals surface area contributed by atoms with Crippen LogP contribution in [0.5, 0.6) is 0 Å². The van der Waals surface area contributed by atoms with Gasteiger partial charge in [0.1, 0.15) is 11.6 Å². The van der Waals surface area contributed by atoms with Crippen LogP contribution < -0.4 is 5.69 Å². The minimum atomic E-state index is -5.08. The van der Waals surface area contributed by atoms with Crippen LogP contribution in [0.2, 0.25) is 0 Å². The Kier molecular flexibility index (Phi) is 11.1. The predicted molar refractivity (Wildman–Crippen MR) is 163 cm³/mol. The molecule has 0 saturated carbocycles. The molecular weight excluding hydrogens is 690 g/mol. The molecule has 0 spiro atoms. The lowest BCUT2D eigenvalue weighted by Crippen LogP contribution is -2.45. The number of carboxylic acid groups (broad SMARTS) is 2. The highest BCUT2D eigenvalue weighted by Gasteiger charge is 2.39. The van der Waals surface area contributed by atoms with Gasteiger partial charge in [-0.05, 0) is 43.4 Å². The molecule has 50 heavy (non-hydrogen) atoms. The first-order valence-electron chi connectivity index (χ1n) is 14.5. The van der Waals surface area contributed by atoms with Crippen molar-refractivity contribution in [2.45, 2.75) is 18.9 Å². The first-order chi connectivity index (χ1) is 23.3. The molecule has 1 aliphatic rings. The molecule has 0 aliphatic carbocycles. The number of alkyl halides is 6. The van der Waals surface area contributed by atoms with Crippen LogP contribution in [0.4, 0.5) is 35.1 Å². The molecule has 1 aliphatic heterocycles. The normalized spacial score (nSPS) is 14.3. The van der Waals surface area contributed by atoms with E-state index in [0.717, 1.165) is 43.8 Å². The van der Waals surface area contributed by atoms with Gasteiger partial charge < -0.3 is 24.2 Å². The van der Waals surface area contributed by atoms with Gasteiger partial charge in [-0.2, -0.15) is 31.4 Å². The topological polar surface area (TPSA) is 142 Å². The Morgan fingerprint density at radius 2 is 1.32 bits per heavy atom. The van der Waals surface area contributed by atoms with E-state index in [0.29, 0.717) is 34.4 Å². The van der Waals surface area contributed by atoms with Crippen molar-refractivity contribution in [2.24, 2.45) is 7.05 Å². The summed E-state index contributed by atoms with van der Waals surface area (Å²) in [6.45, 7) is 5.61. The average molecular weight is 720 g/mol. The Bertz CT molecular complexity index is 2030. The number of rotatable bonds is 5. The van der Waals surface area contributed by atoms with Crippen LogP contribution in [0.3, 0.4) is 0 Å². The molecular formula is C30H29F8N7O5. The van der Waals surface area contributed by atoms with Gasteiger partial charge in [-0.1, -0.05) is 0 Å². The van der Waals surface area contributed by atoms with Gasteiger partial charge in [0.15, 0.2) is 5.82 Å². The number of carboxylic acids is 2. The summed E-state index contributed by atoms with van der Waals surface area (Å²) in [4.78, 5) is 35.6. The van der Waals surface area contributed by atoms with Gasteiger partial charge in [0.05, 0.1) is 11.2 Å². The number of benzene rings is 2. The van der Waals surface area contributed by atoms with E-state index in [4.69, 9.17) is 19.8 Å². The maximum absolute atomic E-state index is 14.4. The van der Waals surface area contributed by atoms with Crippen LogP contribution in [0.25, 0.3) is 38.9 Å². The molecule has 0 atom stereocenters. The molecule has 1 fully saturated rings. The lowest BCUT2D eigenvalue weighted by molar-refractivity contribution is -0.193. The minimum Gasteiger partial charge on any atom is -0.475 e. The number of likely N-dealkylation sites (N-methyl/N-ethyl adjacent to an activating group) is 1. The number of fused-ring (bicyclic) bond motifs is 2. The maximum Gasteiger partial charge on any atom is 0.490 e. The van der Waals surface area contributed by atoms with Crippen LogP contribution >= 0.6 is 0 Å².